The van der Waals surface area contributed by atoms with Gasteiger partial charge in [-0.2, -0.15) is 5.10 Å². The first-order valence-corrected chi connectivity index (χ1v) is 10.2. The number of hydrogen-bond donors (Lipinski definition) is 1. The predicted octanol–water partition coefficient (Wildman–Crippen LogP) is 4.06. The van der Waals surface area contributed by atoms with Gasteiger partial charge in [0.1, 0.15) is 5.82 Å². The number of benzene rings is 1. The van der Waals surface area contributed by atoms with Gasteiger partial charge in [0.15, 0.2) is 11.5 Å². The molecular weight excluding hydrogens is 402 g/mol. The number of rotatable bonds is 4. The van der Waals surface area contributed by atoms with Gasteiger partial charge in [-0.25, -0.2) is 0 Å². The van der Waals surface area contributed by atoms with Gasteiger partial charge in [0, 0.05) is 42.3 Å². The third-order valence-corrected chi connectivity index (χ3v) is 5.53. The lowest BCUT2D eigenvalue weighted by Crippen LogP contribution is -2.14. The van der Waals surface area contributed by atoms with E-state index in [4.69, 9.17) is 0 Å². The van der Waals surface area contributed by atoms with Crippen molar-refractivity contribution in [2.75, 3.05) is 5.32 Å². The summed E-state index contributed by atoms with van der Waals surface area (Å²) in [5, 5.41) is 15.7. The Bertz CT molecular complexity index is 1460. The maximum absolute atomic E-state index is 12.8. The van der Waals surface area contributed by atoms with Crippen molar-refractivity contribution in [2.24, 2.45) is 7.05 Å². The summed E-state index contributed by atoms with van der Waals surface area (Å²) >= 11 is 0. The molecule has 5 aromatic rings. The molecule has 0 saturated heterocycles. The van der Waals surface area contributed by atoms with Crippen LogP contribution in [-0.2, 0) is 7.05 Å². The quantitative estimate of drug-likeness (QED) is 0.471. The summed E-state index contributed by atoms with van der Waals surface area (Å²) in [7, 11) is 1.78. The van der Waals surface area contributed by atoms with Crippen LogP contribution in [0.1, 0.15) is 21.6 Å². The van der Waals surface area contributed by atoms with Crippen LogP contribution in [0.4, 0.5) is 5.82 Å². The zero-order valence-corrected chi connectivity index (χ0v) is 17.9. The predicted molar refractivity (Wildman–Crippen MR) is 122 cm³/mol. The number of carbonyl (C=O) groups is 1. The Hall–Kier alpha value is -4.33. The number of hydrogen-bond acceptors (Lipinski definition) is 5. The highest BCUT2D eigenvalue weighted by Gasteiger charge is 2.14. The molecule has 0 aliphatic heterocycles. The number of aromatic nitrogens is 6. The summed E-state index contributed by atoms with van der Waals surface area (Å²) in [6, 6.07) is 15.3. The molecular formula is C24H21N7O. The molecule has 0 spiro atoms. The van der Waals surface area contributed by atoms with Crippen molar-refractivity contribution in [3.63, 3.8) is 0 Å². The van der Waals surface area contributed by atoms with Crippen LogP contribution in [0.5, 0.6) is 0 Å². The summed E-state index contributed by atoms with van der Waals surface area (Å²) in [5.74, 6) is 1.20. The van der Waals surface area contributed by atoms with Gasteiger partial charge in [-0.15, -0.1) is 10.2 Å². The third-order valence-electron chi connectivity index (χ3n) is 5.53. The molecule has 4 heterocycles. The van der Waals surface area contributed by atoms with E-state index in [1.807, 2.05) is 66.9 Å². The van der Waals surface area contributed by atoms with E-state index >= 15 is 0 Å². The van der Waals surface area contributed by atoms with Gasteiger partial charge in [0.2, 0.25) is 0 Å². The van der Waals surface area contributed by atoms with Crippen molar-refractivity contribution in [2.45, 2.75) is 13.8 Å². The van der Waals surface area contributed by atoms with Crippen molar-refractivity contribution >= 4 is 17.4 Å². The van der Waals surface area contributed by atoms with Gasteiger partial charge in [-0.1, -0.05) is 6.07 Å². The van der Waals surface area contributed by atoms with Gasteiger partial charge >= 0.3 is 0 Å². The van der Waals surface area contributed by atoms with Gasteiger partial charge in [-0.3, -0.25) is 18.9 Å². The van der Waals surface area contributed by atoms with Crippen LogP contribution in [0.25, 0.3) is 28.2 Å². The molecule has 1 aromatic carbocycles. The van der Waals surface area contributed by atoms with Gasteiger partial charge < -0.3 is 5.32 Å². The minimum absolute atomic E-state index is 0.187. The van der Waals surface area contributed by atoms with Gasteiger partial charge in [-0.05, 0) is 66.9 Å². The molecule has 4 aromatic heterocycles. The average Bonchev–Trinajstić information content (AvgIpc) is 3.40. The molecule has 32 heavy (non-hydrogen) atoms. The largest absolute Gasteiger partial charge is 0.307 e. The van der Waals surface area contributed by atoms with E-state index in [0.717, 1.165) is 39.4 Å². The molecule has 0 unspecified atom stereocenters. The van der Waals surface area contributed by atoms with E-state index in [2.05, 4.69) is 25.6 Å². The molecule has 0 atom stereocenters. The second-order valence-corrected chi connectivity index (χ2v) is 7.63. The smallest absolute Gasteiger partial charge is 0.256 e. The van der Waals surface area contributed by atoms with E-state index in [1.165, 1.54) is 0 Å². The molecule has 8 heteroatoms. The monoisotopic (exact) mass is 423 g/mol. The Morgan fingerprint density at radius 1 is 0.969 bits per heavy atom. The number of pyridine rings is 2. The summed E-state index contributed by atoms with van der Waals surface area (Å²) in [4.78, 5) is 17.1. The Morgan fingerprint density at radius 3 is 2.62 bits per heavy atom. The zero-order chi connectivity index (χ0) is 22.2. The highest BCUT2D eigenvalue weighted by Crippen LogP contribution is 2.28. The summed E-state index contributed by atoms with van der Waals surface area (Å²) in [6.45, 7) is 3.98. The van der Waals surface area contributed by atoms with Crippen LogP contribution < -0.4 is 5.32 Å². The first-order valence-electron chi connectivity index (χ1n) is 10.2. The van der Waals surface area contributed by atoms with Crippen molar-refractivity contribution in [3.8, 4) is 22.5 Å². The van der Waals surface area contributed by atoms with Crippen molar-refractivity contribution in [3.05, 3.63) is 83.9 Å². The van der Waals surface area contributed by atoms with Crippen LogP contribution in [-0.4, -0.2) is 35.3 Å². The fourth-order valence-corrected chi connectivity index (χ4v) is 3.72. The molecule has 1 amide bonds. The number of nitrogens with one attached hydrogen (secondary N) is 1. The number of anilines is 1. The van der Waals surface area contributed by atoms with E-state index in [0.29, 0.717) is 11.4 Å². The van der Waals surface area contributed by atoms with Crippen LogP contribution in [0.3, 0.4) is 0 Å². The number of nitrogens with zero attached hydrogens (tertiary/aromatic N) is 6. The standard InChI is InChI=1S/C24H21N7O/c1-15-6-7-18(24(32)27-21-8-11-26-30(21)3)13-20(15)17-9-12-31-22(14-17)28-29-23(31)19-5-4-10-25-16(19)2/h4-14H,1-3H3,(H,27,32). The van der Waals surface area contributed by atoms with E-state index in [1.54, 1.807) is 30.2 Å². The highest BCUT2D eigenvalue weighted by molar-refractivity contribution is 6.04. The summed E-state index contributed by atoms with van der Waals surface area (Å²) < 4.78 is 3.57. The molecule has 0 bridgehead atoms. The average molecular weight is 423 g/mol. The minimum Gasteiger partial charge on any atom is -0.307 e. The van der Waals surface area contributed by atoms with Crippen LogP contribution in [0.2, 0.25) is 0 Å². The van der Waals surface area contributed by atoms with Crippen molar-refractivity contribution in [1.29, 1.82) is 0 Å². The number of amides is 1. The SMILES string of the molecule is Cc1ccc(C(=O)Nc2ccnn2C)cc1-c1ccn2c(-c3cccnc3C)nnc2c1. The Morgan fingerprint density at radius 2 is 1.84 bits per heavy atom. The fourth-order valence-electron chi connectivity index (χ4n) is 3.72. The fraction of sp³-hybridized carbons (Fsp3) is 0.125. The van der Waals surface area contributed by atoms with E-state index in [9.17, 15) is 4.79 Å². The molecule has 1 N–H and O–H groups in total. The van der Waals surface area contributed by atoms with Gasteiger partial charge in [0.05, 0.1) is 6.20 Å². The Labute approximate surface area is 184 Å². The zero-order valence-electron chi connectivity index (χ0n) is 17.9. The van der Waals surface area contributed by atoms with Crippen LogP contribution in [0, 0.1) is 13.8 Å². The second kappa shape index (κ2) is 7.73. The number of carbonyl (C=O) groups excluding carboxylic acids is 1. The highest BCUT2D eigenvalue weighted by atomic mass is 16.1. The second-order valence-electron chi connectivity index (χ2n) is 7.63. The lowest BCUT2D eigenvalue weighted by Gasteiger charge is -2.11. The number of fused-ring (bicyclic) bond motifs is 1. The topological polar surface area (TPSA) is 90.0 Å². The number of aryl methyl sites for hydroxylation is 3. The van der Waals surface area contributed by atoms with Crippen LogP contribution >= 0.6 is 0 Å². The van der Waals surface area contributed by atoms with Crippen LogP contribution in [0.15, 0.2) is 67.1 Å². The molecule has 0 aliphatic rings. The maximum Gasteiger partial charge on any atom is 0.256 e. The summed E-state index contributed by atoms with van der Waals surface area (Å²) in [5.41, 5.74) is 6.13. The Balaban J connectivity index is 1.51. The lowest BCUT2D eigenvalue weighted by molar-refractivity contribution is 0.102. The van der Waals surface area contributed by atoms with E-state index < -0.39 is 0 Å². The first kappa shape index (κ1) is 19.6. The normalized spacial score (nSPS) is 11.1. The minimum atomic E-state index is -0.187. The van der Waals surface area contributed by atoms with E-state index in [-0.39, 0.29) is 5.91 Å². The lowest BCUT2D eigenvalue weighted by atomic mass is 9.98. The first-order chi connectivity index (χ1) is 15.5. The van der Waals surface area contributed by atoms with Crippen molar-refractivity contribution < 1.29 is 4.79 Å². The van der Waals surface area contributed by atoms with Gasteiger partial charge in [0.25, 0.3) is 5.91 Å². The molecule has 0 fully saturated rings. The summed E-state index contributed by atoms with van der Waals surface area (Å²) in [6.07, 6.45) is 5.36. The molecule has 8 nitrogen and oxygen atoms in total. The third kappa shape index (κ3) is 3.41. The molecule has 5 rings (SSSR count). The molecule has 158 valence electrons. The van der Waals surface area contributed by atoms with Crippen molar-refractivity contribution in [1.82, 2.24) is 29.4 Å². The molecule has 0 saturated carbocycles. The Kier molecular flexibility index (Phi) is 4.74. The molecule has 0 aliphatic carbocycles. The molecule has 0 radical (unpaired) electrons. The maximum atomic E-state index is 12.8.